The summed E-state index contributed by atoms with van der Waals surface area (Å²) >= 11 is 0. The Kier molecular flexibility index (Phi) is 5.09. The SMILES string of the molecule is CCN(CC(=O)NC(C)C)Cc1nc(C)no1. The van der Waals surface area contributed by atoms with Gasteiger partial charge in [0, 0.05) is 6.04 Å². The summed E-state index contributed by atoms with van der Waals surface area (Å²) in [7, 11) is 0. The summed E-state index contributed by atoms with van der Waals surface area (Å²) < 4.78 is 5.02. The first-order chi connectivity index (χ1) is 8.01. The van der Waals surface area contributed by atoms with Crippen LogP contribution < -0.4 is 5.32 Å². The maximum Gasteiger partial charge on any atom is 0.240 e. The Balaban J connectivity index is 2.46. The number of likely N-dealkylation sites (N-methyl/N-ethyl adjacent to an activating group) is 1. The minimum absolute atomic E-state index is 0.0121. The van der Waals surface area contributed by atoms with E-state index in [1.54, 1.807) is 6.92 Å². The number of aryl methyl sites for hydroxylation is 1. The molecule has 1 N–H and O–H groups in total. The predicted molar refractivity (Wildman–Crippen MR) is 63.3 cm³/mol. The van der Waals surface area contributed by atoms with Gasteiger partial charge in [-0.3, -0.25) is 9.69 Å². The Hall–Kier alpha value is -1.43. The molecule has 0 fully saturated rings. The van der Waals surface area contributed by atoms with Crippen molar-refractivity contribution in [2.75, 3.05) is 13.1 Å². The van der Waals surface area contributed by atoms with Gasteiger partial charge in [0.2, 0.25) is 11.8 Å². The zero-order chi connectivity index (χ0) is 12.8. The number of hydrogen-bond donors (Lipinski definition) is 1. The number of aromatic nitrogens is 2. The standard InChI is InChI=1S/C11H20N4O2/c1-5-15(6-10(16)12-8(2)3)7-11-13-9(4)14-17-11/h8H,5-7H2,1-4H3,(H,12,16). The largest absolute Gasteiger partial charge is 0.353 e. The van der Waals surface area contributed by atoms with Crippen LogP contribution in [0.15, 0.2) is 4.52 Å². The normalized spacial score (nSPS) is 11.2. The van der Waals surface area contributed by atoms with Gasteiger partial charge in [0.1, 0.15) is 0 Å². The van der Waals surface area contributed by atoms with Gasteiger partial charge in [-0.2, -0.15) is 4.98 Å². The van der Waals surface area contributed by atoms with Gasteiger partial charge in [-0.25, -0.2) is 0 Å². The fourth-order valence-electron chi connectivity index (χ4n) is 1.45. The summed E-state index contributed by atoms with van der Waals surface area (Å²) in [6.07, 6.45) is 0. The zero-order valence-electron chi connectivity index (χ0n) is 10.9. The van der Waals surface area contributed by atoms with Crippen molar-refractivity contribution < 1.29 is 9.32 Å². The molecule has 0 saturated carbocycles. The monoisotopic (exact) mass is 240 g/mol. The summed E-state index contributed by atoms with van der Waals surface area (Å²) in [6, 6.07) is 0.159. The van der Waals surface area contributed by atoms with Crippen LogP contribution in [-0.2, 0) is 11.3 Å². The summed E-state index contributed by atoms with van der Waals surface area (Å²) in [6.45, 7) is 9.25. The number of hydrogen-bond acceptors (Lipinski definition) is 5. The Morgan fingerprint density at radius 2 is 2.24 bits per heavy atom. The Bertz CT molecular complexity index is 362. The average Bonchev–Trinajstić information content (AvgIpc) is 2.61. The predicted octanol–water partition coefficient (Wildman–Crippen LogP) is 0.725. The lowest BCUT2D eigenvalue weighted by Crippen LogP contribution is -2.39. The smallest absolute Gasteiger partial charge is 0.240 e. The maximum atomic E-state index is 11.6. The molecule has 6 nitrogen and oxygen atoms in total. The second-order valence-electron chi connectivity index (χ2n) is 4.26. The van der Waals surface area contributed by atoms with Crippen LogP contribution in [0.4, 0.5) is 0 Å². The van der Waals surface area contributed by atoms with Gasteiger partial charge in [-0.05, 0) is 27.3 Å². The van der Waals surface area contributed by atoms with E-state index in [1.165, 1.54) is 0 Å². The van der Waals surface area contributed by atoms with Crippen molar-refractivity contribution in [2.45, 2.75) is 40.3 Å². The van der Waals surface area contributed by atoms with E-state index in [-0.39, 0.29) is 11.9 Å². The Labute approximate surface area is 101 Å². The summed E-state index contributed by atoms with van der Waals surface area (Å²) in [5.41, 5.74) is 0. The van der Waals surface area contributed by atoms with E-state index in [4.69, 9.17) is 4.52 Å². The first-order valence-electron chi connectivity index (χ1n) is 5.82. The number of carbonyl (C=O) groups is 1. The van der Waals surface area contributed by atoms with Crippen LogP contribution >= 0.6 is 0 Å². The molecule has 0 aliphatic carbocycles. The minimum Gasteiger partial charge on any atom is -0.353 e. The van der Waals surface area contributed by atoms with Crippen molar-refractivity contribution in [3.05, 3.63) is 11.7 Å². The fraction of sp³-hybridized carbons (Fsp3) is 0.727. The van der Waals surface area contributed by atoms with Gasteiger partial charge in [0.15, 0.2) is 5.82 Å². The average molecular weight is 240 g/mol. The number of amides is 1. The second kappa shape index (κ2) is 6.34. The van der Waals surface area contributed by atoms with Crippen LogP contribution in [0.2, 0.25) is 0 Å². The van der Waals surface area contributed by atoms with E-state index < -0.39 is 0 Å². The molecule has 0 bridgehead atoms. The molecule has 1 aromatic rings. The molecule has 1 amide bonds. The maximum absolute atomic E-state index is 11.6. The van der Waals surface area contributed by atoms with Crippen molar-refractivity contribution in [1.29, 1.82) is 0 Å². The molecule has 0 aliphatic heterocycles. The van der Waals surface area contributed by atoms with Gasteiger partial charge in [-0.15, -0.1) is 0 Å². The van der Waals surface area contributed by atoms with E-state index in [9.17, 15) is 4.79 Å². The molecule has 17 heavy (non-hydrogen) atoms. The first kappa shape index (κ1) is 13.6. The zero-order valence-corrected chi connectivity index (χ0v) is 10.9. The number of nitrogens with one attached hydrogen (secondary N) is 1. The summed E-state index contributed by atoms with van der Waals surface area (Å²) in [5, 5.41) is 6.57. The van der Waals surface area contributed by atoms with Crippen molar-refractivity contribution in [2.24, 2.45) is 0 Å². The van der Waals surface area contributed by atoms with Crippen LogP contribution in [0.5, 0.6) is 0 Å². The van der Waals surface area contributed by atoms with Crippen LogP contribution in [0.3, 0.4) is 0 Å². The first-order valence-corrected chi connectivity index (χ1v) is 5.82. The lowest BCUT2D eigenvalue weighted by Gasteiger charge is -2.18. The molecule has 1 rings (SSSR count). The molecule has 0 saturated heterocycles. The molecule has 1 aromatic heterocycles. The molecule has 0 aromatic carbocycles. The van der Waals surface area contributed by atoms with Gasteiger partial charge >= 0.3 is 0 Å². The molecule has 0 atom stereocenters. The molecule has 0 aliphatic rings. The molecule has 6 heteroatoms. The third-order valence-electron chi connectivity index (χ3n) is 2.19. The highest BCUT2D eigenvalue weighted by molar-refractivity contribution is 5.78. The lowest BCUT2D eigenvalue weighted by atomic mass is 10.3. The van der Waals surface area contributed by atoms with Gasteiger partial charge < -0.3 is 9.84 Å². The van der Waals surface area contributed by atoms with Crippen LogP contribution in [0.1, 0.15) is 32.5 Å². The topological polar surface area (TPSA) is 71.3 Å². The molecule has 96 valence electrons. The molecular weight excluding hydrogens is 220 g/mol. The minimum atomic E-state index is 0.0121. The lowest BCUT2D eigenvalue weighted by molar-refractivity contribution is -0.122. The summed E-state index contributed by atoms with van der Waals surface area (Å²) in [5.74, 6) is 1.17. The van der Waals surface area contributed by atoms with Gasteiger partial charge in [0.05, 0.1) is 13.1 Å². The van der Waals surface area contributed by atoms with Crippen LogP contribution in [0, 0.1) is 6.92 Å². The number of carbonyl (C=O) groups excluding carboxylic acids is 1. The third-order valence-corrected chi connectivity index (χ3v) is 2.19. The van der Waals surface area contributed by atoms with E-state index >= 15 is 0 Å². The highest BCUT2D eigenvalue weighted by Crippen LogP contribution is 2.01. The third kappa shape index (κ3) is 4.95. The Morgan fingerprint density at radius 3 is 2.71 bits per heavy atom. The molecule has 0 spiro atoms. The number of rotatable bonds is 6. The molecule has 0 radical (unpaired) electrons. The number of nitrogens with zero attached hydrogens (tertiary/aromatic N) is 3. The van der Waals surface area contributed by atoms with E-state index in [0.717, 1.165) is 6.54 Å². The van der Waals surface area contributed by atoms with Crippen LogP contribution in [-0.4, -0.2) is 40.1 Å². The van der Waals surface area contributed by atoms with E-state index in [1.807, 2.05) is 25.7 Å². The Morgan fingerprint density at radius 1 is 1.53 bits per heavy atom. The highest BCUT2D eigenvalue weighted by atomic mass is 16.5. The van der Waals surface area contributed by atoms with Gasteiger partial charge in [0.25, 0.3) is 0 Å². The van der Waals surface area contributed by atoms with Crippen molar-refractivity contribution in [3.63, 3.8) is 0 Å². The van der Waals surface area contributed by atoms with Crippen LogP contribution in [0.25, 0.3) is 0 Å². The van der Waals surface area contributed by atoms with Crippen molar-refractivity contribution in [1.82, 2.24) is 20.4 Å². The van der Waals surface area contributed by atoms with E-state index in [0.29, 0.717) is 24.8 Å². The van der Waals surface area contributed by atoms with Gasteiger partial charge in [-0.1, -0.05) is 12.1 Å². The molecular formula is C11H20N4O2. The summed E-state index contributed by atoms with van der Waals surface area (Å²) in [4.78, 5) is 17.7. The highest BCUT2D eigenvalue weighted by Gasteiger charge is 2.13. The molecule has 1 heterocycles. The quantitative estimate of drug-likeness (QED) is 0.793. The van der Waals surface area contributed by atoms with Crippen molar-refractivity contribution >= 4 is 5.91 Å². The fourth-order valence-corrected chi connectivity index (χ4v) is 1.45. The van der Waals surface area contributed by atoms with Crippen molar-refractivity contribution in [3.8, 4) is 0 Å². The van der Waals surface area contributed by atoms with E-state index in [2.05, 4.69) is 15.5 Å². The second-order valence-corrected chi connectivity index (χ2v) is 4.26. The molecule has 0 unspecified atom stereocenters.